The molecule has 186 valence electrons. The topological polar surface area (TPSA) is 60.2 Å². The zero-order chi connectivity index (χ0) is 24.4. The molecule has 1 atom stereocenters. The van der Waals surface area contributed by atoms with Gasteiger partial charge in [0.25, 0.3) is 5.91 Å². The number of hydrogen-bond acceptors (Lipinski definition) is 3. The van der Waals surface area contributed by atoms with Crippen molar-refractivity contribution >= 4 is 40.0 Å². The number of aromatic nitrogens is 1. The number of benzene rings is 2. The van der Waals surface area contributed by atoms with Gasteiger partial charge in [0.15, 0.2) is 0 Å². The normalized spacial score (nSPS) is 24.4. The van der Waals surface area contributed by atoms with Gasteiger partial charge < -0.3 is 15.6 Å². The third kappa shape index (κ3) is 5.54. The molecule has 0 spiro atoms. The Labute approximate surface area is 217 Å². The van der Waals surface area contributed by atoms with Crippen LogP contribution in [0.4, 0.5) is 0 Å². The second kappa shape index (κ2) is 10.5. The van der Waals surface area contributed by atoms with Gasteiger partial charge in [0.05, 0.1) is 10.0 Å². The van der Waals surface area contributed by atoms with E-state index >= 15 is 0 Å². The Kier molecular flexibility index (Phi) is 7.40. The zero-order valence-electron chi connectivity index (χ0n) is 20.2. The molecule has 1 saturated heterocycles. The first-order chi connectivity index (χ1) is 16.9. The van der Waals surface area contributed by atoms with Crippen LogP contribution in [0.15, 0.2) is 48.5 Å². The van der Waals surface area contributed by atoms with E-state index in [9.17, 15) is 4.79 Å². The molecular weight excluding hydrogens is 479 g/mol. The third-order valence-electron chi connectivity index (χ3n) is 7.89. The molecule has 2 fully saturated rings. The number of H-pyrrole nitrogens is 1. The van der Waals surface area contributed by atoms with Crippen molar-refractivity contribution in [2.45, 2.75) is 50.6 Å². The third-order valence-corrected chi connectivity index (χ3v) is 8.72. The lowest BCUT2D eigenvalue weighted by Gasteiger charge is -2.41. The minimum atomic E-state index is -0.191. The molecular formula is C28H34Cl2N4O. The predicted molar refractivity (Wildman–Crippen MR) is 144 cm³/mol. The number of fused-ring (bicyclic) bond motifs is 1. The number of amides is 1. The van der Waals surface area contributed by atoms with Gasteiger partial charge in [0, 0.05) is 48.7 Å². The molecule has 3 N–H and O–H groups in total. The fraction of sp³-hybridized carbons (Fsp3) is 0.464. The molecule has 1 unspecified atom stereocenters. The van der Waals surface area contributed by atoms with Crippen LogP contribution in [-0.2, 0) is 0 Å². The SMILES string of the molecule is CC1(NC(=O)c2cc3ccccc3[nH]2)CCC(CC(c2cccc(Cl)c2Cl)N2CCNCC2)CC1. The average molecular weight is 514 g/mol. The van der Waals surface area contributed by atoms with Crippen molar-refractivity contribution in [2.75, 3.05) is 26.2 Å². The predicted octanol–water partition coefficient (Wildman–Crippen LogP) is 6.19. The van der Waals surface area contributed by atoms with E-state index in [4.69, 9.17) is 23.2 Å². The maximum atomic E-state index is 13.0. The fourth-order valence-corrected chi connectivity index (χ4v) is 6.21. The summed E-state index contributed by atoms with van der Waals surface area (Å²) in [6, 6.07) is 16.2. The van der Waals surface area contributed by atoms with Gasteiger partial charge in [-0.3, -0.25) is 9.69 Å². The maximum Gasteiger partial charge on any atom is 0.268 e. The number of para-hydroxylation sites is 1. The molecule has 0 radical (unpaired) electrons. The second-order valence-corrected chi connectivity index (χ2v) is 11.2. The Morgan fingerprint density at radius 2 is 1.86 bits per heavy atom. The average Bonchev–Trinajstić information content (AvgIpc) is 3.31. The van der Waals surface area contributed by atoms with Crippen LogP contribution in [0.3, 0.4) is 0 Å². The number of nitrogens with one attached hydrogen (secondary N) is 3. The van der Waals surface area contributed by atoms with Crippen LogP contribution in [0.25, 0.3) is 10.9 Å². The number of piperazine rings is 1. The van der Waals surface area contributed by atoms with Crippen LogP contribution < -0.4 is 10.6 Å². The lowest BCUT2D eigenvalue weighted by Crippen LogP contribution is -2.49. The summed E-state index contributed by atoms with van der Waals surface area (Å²) >= 11 is 13.1. The molecule has 35 heavy (non-hydrogen) atoms. The number of aromatic amines is 1. The molecule has 2 aromatic carbocycles. The van der Waals surface area contributed by atoms with Crippen molar-refractivity contribution in [2.24, 2.45) is 5.92 Å². The molecule has 1 amide bonds. The Bertz CT molecular complexity index is 1150. The van der Waals surface area contributed by atoms with E-state index in [1.165, 1.54) is 0 Å². The molecule has 5 nitrogen and oxygen atoms in total. The van der Waals surface area contributed by atoms with Gasteiger partial charge in [-0.1, -0.05) is 53.5 Å². The minimum absolute atomic E-state index is 0.0217. The van der Waals surface area contributed by atoms with E-state index in [2.05, 4.69) is 33.5 Å². The molecule has 2 heterocycles. The molecule has 5 rings (SSSR count). The molecule has 0 bridgehead atoms. The summed E-state index contributed by atoms with van der Waals surface area (Å²) in [6.07, 6.45) is 5.18. The quantitative estimate of drug-likeness (QED) is 0.368. The summed E-state index contributed by atoms with van der Waals surface area (Å²) < 4.78 is 0. The van der Waals surface area contributed by atoms with E-state index in [-0.39, 0.29) is 17.5 Å². The van der Waals surface area contributed by atoms with Crippen molar-refractivity contribution in [3.05, 3.63) is 69.8 Å². The van der Waals surface area contributed by atoms with E-state index in [1.807, 2.05) is 42.5 Å². The van der Waals surface area contributed by atoms with Gasteiger partial charge in [-0.25, -0.2) is 0 Å². The fourth-order valence-electron chi connectivity index (χ4n) is 5.77. The molecule has 1 aromatic heterocycles. The highest BCUT2D eigenvalue weighted by Crippen LogP contribution is 2.41. The van der Waals surface area contributed by atoms with Gasteiger partial charge in [0.2, 0.25) is 0 Å². The van der Waals surface area contributed by atoms with Crippen molar-refractivity contribution in [3.63, 3.8) is 0 Å². The monoisotopic (exact) mass is 512 g/mol. The molecule has 1 aliphatic carbocycles. The van der Waals surface area contributed by atoms with E-state index in [0.29, 0.717) is 21.7 Å². The van der Waals surface area contributed by atoms with Crippen LogP contribution >= 0.6 is 23.2 Å². The van der Waals surface area contributed by atoms with Crippen LogP contribution in [0.1, 0.15) is 61.1 Å². The standard InChI is InChI=1S/C28H34Cl2N4O/c1-28(33-27(35)24-18-20-5-2-3-8-23(20)32-24)11-9-19(10-12-28)17-25(34-15-13-31-14-16-34)21-6-4-7-22(29)26(21)30/h2-8,18-19,25,31-32H,9-17H2,1H3,(H,33,35). The van der Waals surface area contributed by atoms with Crippen LogP contribution in [0, 0.1) is 5.92 Å². The number of carbonyl (C=O) groups excluding carboxylic acids is 1. The number of hydrogen-bond donors (Lipinski definition) is 3. The second-order valence-electron chi connectivity index (χ2n) is 10.4. The highest BCUT2D eigenvalue weighted by atomic mass is 35.5. The Balaban J connectivity index is 1.24. The van der Waals surface area contributed by atoms with Crippen LogP contribution in [0.5, 0.6) is 0 Å². The number of rotatable bonds is 6. The lowest BCUT2D eigenvalue weighted by atomic mass is 9.74. The largest absolute Gasteiger partial charge is 0.351 e. The van der Waals surface area contributed by atoms with Crippen molar-refractivity contribution < 1.29 is 4.79 Å². The smallest absolute Gasteiger partial charge is 0.268 e. The van der Waals surface area contributed by atoms with Crippen molar-refractivity contribution in [1.82, 2.24) is 20.5 Å². The summed E-state index contributed by atoms with van der Waals surface area (Å²) in [7, 11) is 0. The zero-order valence-corrected chi connectivity index (χ0v) is 21.8. The van der Waals surface area contributed by atoms with Crippen LogP contribution in [0.2, 0.25) is 10.0 Å². The first-order valence-electron chi connectivity index (χ1n) is 12.7. The number of halogens is 2. The first-order valence-corrected chi connectivity index (χ1v) is 13.5. The van der Waals surface area contributed by atoms with Gasteiger partial charge in [0.1, 0.15) is 5.69 Å². The van der Waals surface area contributed by atoms with Gasteiger partial charge in [-0.05, 0) is 68.7 Å². The maximum absolute atomic E-state index is 13.0. The van der Waals surface area contributed by atoms with Gasteiger partial charge in [-0.15, -0.1) is 0 Å². The van der Waals surface area contributed by atoms with Crippen LogP contribution in [-0.4, -0.2) is 47.5 Å². The van der Waals surface area contributed by atoms with E-state index in [0.717, 1.165) is 74.7 Å². The summed E-state index contributed by atoms with van der Waals surface area (Å²) in [5.74, 6) is 0.564. The Morgan fingerprint density at radius 3 is 2.60 bits per heavy atom. The van der Waals surface area contributed by atoms with Gasteiger partial charge >= 0.3 is 0 Å². The summed E-state index contributed by atoms with van der Waals surface area (Å²) in [5.41, 5.74) is 2.57. The van der Waals surface area contributed by atoms with Gasteiger partial charge in [-0.2, -0.15) is 0 Å². The van der Waals surface area contributed by atoms with E-state index < -0.39 is 0 Å². The lowest BCUT2D eigenvalue weighted by molar-refractivity contribution is 0.0838. The summed E-state index contributed by atoms with van der Waals surface area (Å²) in [5, 5.41) is 9.16. The van der Waals surface area contributed by atoms with E-state index in [1.54, 1.807) is 0 Å². The van der Waals surface area contributed by atoms with Crippen molar-refractivity contribution in [3.8, 4) is 0 Å². The first kappa shape index (κ1) is 24.6. The number of nitrogens with zero attached hydrogens (tertiary/aromatic N) is 1. The Hall–Kier alpha value is -2.05. The summed E-state index contributed by atoms with van der Waals surface area (Å²) in [4.78, 5) is 18.8. The molecule has 1 aliphatic heterocycles. The molecule has 2 aliphatic rings. The molecule has 1 saturated carbocycles. The minimum Gasteiger partial charge on any atom is -0.351 e. The highest BCUT2D eigenvalue weighted by molar-refractivity contribution is 6.42. The van der Waals surface area contributed by atoms with Crippen molar-refractivity contribution in [1.29, 1.82) is 0 Å². The molecule has 7 heteroatoms. The highest BCUT2D eigenvalue weighted by Gasteiger charge is 2.35. The number of carbonyl (C=O) groups is 1. The summed E-state index contributed by atoms with van der Waals surface area (Å²) in [6.45, 7) is 6.21. The Morgan fingerprint density at radius 1 is 1.11 bits per heavy atom. The molecule has 3 aromatic rings.